The van der Waals surface area contributed by atoms with Crippen LogP contribution in [0.1, 0.15) is 5.76 Å². The molecule has 1 atom stereocenters. The Hall–Kier alpha value is -1.59. The summed E-state index contributed by atoms with van der Waals surface area (Å²) in [6, 6.07) is 10.3. The summed E-state index contributed by atoms with van der Waals surface area (Å²) in [5.74, 6) is 0.222. The fraction of sp³-hybridized carbons (Fsp3) is 0.154. The van der Waals surface area contributed by atoms with Crippen molar-refractivity contribution in [3.63, 3.8) is 0 Å². The first-order chi connectivity index (χ1) is 8.58. The molecule has 2 aromatic rings. The molecule has 1 aromatic carbocycles. The number of carboxylic acid groups (broad SMARTS) is 1. The van der Waals surface area contributed by atoms with Crippen molar-refractivity contribution in [2.75, 3.05) is 0 Å². The number of rotatable bonds is 4. The van der Waals surface area contributed by atoms with Crippen molar-refractivity contribution in [1.29, 1.82) is 0 Å². The molecule has 0 bridgehead atoms. The van der Waals surface area contributed by atoms with Gasteiger partial charge in [0.2, 0.25) is 0 Å². The van der Waals surface area contributed by atoms with E-state index in [2.05, 4.69) is 15.9 Å². The van der Waals surface area contributed by atoms with Crippen LogP contribution < -0.4 is 5.73 Å². The van der Waals surface area contributed by atoms with Crippen LogP contribution in [0.15, 0.2) is 45.3 Å². The molecule has 1 aromatic heterocycles. The molecule has 0 fully saturated rings. The minimum absolute atomic E-state index is 0.180. The number of furan rings is 1. The standard InChI is InChI=1S/C13H12BrNO3/c14-10-4-2-1-3-9(10)12-6-5-8(18-12)7-11(15)13(16)17/h1-6,11H,7,15H2,(H,16,17). The van der Waals surface area contributed by atoms with Crippen LogP contribution in [0.4, 0.5) is 0 Å². The van der Waals surface area contributed by atoms with Gasteiger partial charge >= 0.3 is 5.97 Å². The van der Waals surface area contributed by atoms with Gasteiger partial charge in [-0.15, -0.1) is 0 Å². The molecular formula is C13H12BrNO3. The summed E-state index contributed by atoms with van der Waals surface area (Å²) in [5.41, 5.74) is 6.38. The predicted molar refractivity (Wildman–Crippen MR) is 71.2 cm³/mol. The van der Waals surface area contributed by atoms with Crippen molar-refractivity contribution in [1.82, 2.24) is 0 Å². The van der Waals surface area contributed by atoms with E-state index in [1.807, 2.05) is 30.3 Å². The summed E-state index contributed by atoms with van der Waals surface area (Å²) < 4.78 is 6.52. The molecule has 0 aliphatic rings. The zero-order valence-electron chi connectivity index (χ0n) is 9.47. The summed E-state index contributed by atoms with van der Waals surface area (Å²) in [5, 5.41) is 8.74. The number of halogens is 1. The minimum Gasteiger partial charge on any atom is -0.480 e. The van der Waals surface area contributed by atoms with Crippen molar-refractivity contribution >= 4 is 21.9 Å². The van der Waals surface area contributed by atoms with Gasteiger partial charge in [-0.3, -0.25) is 4.79 Å². The van der Waals surface area contributed by atoms with E-state index in [0.29, 0.717) is 11.5 Å². The highest BCUT2D eigenvalue weighted by atomic mass is 79.9. The van der Waals surface area contributed by atoms with Crippen molar-refractivity contribution in [2.45, 2.75) is 12.5 Å². The molecule has 0 spiro atoms. The van der Waals surface area contributed by atoms with Crippen LogP contribution in [0, 0.1) is 0 Å². The molecule has 0 aliphatic carbocycles. The molecule has 1 heterocycles. The smallest absolute Gasteiger partial charge is 0.320 e. The Morgan fingerprint density at radius 2 is 2.06 bits per heavy atom. The summed E-state index contributed by atoms with van der Waals surface area (Å²) in [6.45, 7) is 0. The third-order valence-electron chi connectivity index (χ3n) is 2.54. The maximum Gasteiger partial charge on any atom is 0.320 e. The lowest BCUT2D eigenvalue weighted by atomic mass is 10.2. The molecule has 0 saturated carbocycles. The van der Waals surface area contributed by atoms with E-state index in [1.165, 1.54) is 0 Å². The van der Waals surface area contributed by atoms with E-state index in [9.17, 15) is 4.79 Å². The van der Waals surface area contributed by atoms with Gasteiger partial charge in [-0.2, -0.15) is 0 Å². The van der Waals surface area contributed by atoms with Gasteiger partial charge in [0, 0.05) is 16.5 Å². The van der Waals surface area contributed by atoms with Gasteiger partial charge in [-0.25, -0.2) is 0 Å². The van der Waals surface area contributed by atoms with Crippen LogP contribution in [0.5, 0.6) is 0 Å². The molecule has 0 aliphatic heterocycles. The number of benzene rings is 1. The monoisotopic (exact) mass is 309 g/mol. The second kappa shape index (κ2) is 5.37. The molecule has 0 amide bonds. The molecule has 18 heavy (non-hydrogen) atoms. The number of hydrogen-bond acceptors (Lipinski definition) is 3. The van der Waals surface area contributed by atoms with E-state index < -0.39 is 12.0 Å². The fourth-order valence-corrected chi connectivity index (χ4v) is 2.08. The van der Waals surface area contributed by atoms with Crippen molar-refractivity contribution in [2.24, 2.45) is 5.73 Å². The average Bonchev–Trinajstić information content (AvgIpc) is 2.77. The largest absolute Gasteiger partial charge is 0.480 e. The van der Waals surface area contributed by atoms with Gasteiger partial charge < -0.3 is 15.3 Å². The normalized spacial score (nSPS) is 12.3. The van der Waals surface area contributed by atoms with Gasteiger partial charge in [-0.1, -0.05) is 34.1 Å². The van der Waals surface area contributed by atoms with Gasteiger partial charge in [0.05, 0.1) is 0 Å². The number of aliphatic carboxylic acids is 1. The minimum atomic E-state index is -1.03. The number of hydrogen-bond donors (Lipinski definition) is 2. The molecule has 0 radical (unpaired) electrons. The zero-order chi connectivity index (χ0) is 13.1. The molecule has 94 valence electrons. The maximum absolute atomic E-state index is 10.7. The topological polar surface area (TPSA) is 76.5 Å². The second-order valence-electron chi connectivity index (χ2n) is 3.89. The average molecular weight is 310 g/mol. The lowest BCUT2D eigenvalue weighted by Gasteiger charge is -2.03. The SMILES string of the molecule is NC(Cc1ccc(-c2ccccc2Br)o1)C(=O)O. The van der Waals surface area contributed by atoms with E-state index >= 15 is 0 Å². The van der Waals surface area contributed by atoms with Crippen LogP contribution in [0.3, 0.4) is 0 Å². The van der Waals surface area contributed by atoms with Crippen LogP contribution in [-0.4, -0.2) is 17.1 Å². The Morgan fingerprint density at radius 3 is 2.72 bits per heavy atom. The lowest BCUT2D eigenvalue weighted by molar-refractivity contribution is -0.138. The summed E-state index contributed by atoms with van der Waals surface area (Å²) in [7, 11) is 0. The van der Waals surface area contributed by atoms with Gasteiger partial charge in [-0.05, 0) is 18.2 Å². The van der Waals surface area contributed by atoms with E-state index in [-0.39, 0.29) is 6.42 Å². The van der Waals surface area contributed by atoms with Crippen LogP contribution in [0.2, 0.25) is 0 Å². The molecule has 2 rings (SSSR count). The molecule has 0 saturated heterocycles. The Balaban J connectivity index is 2.21. The number of carbonyl (C=O) groups is 1. The number of carboxylic acids is 1. The van der Waals surface area contributed by atoms with Gasteiger partial charge in [0.15, 0.2) is 0 Å². The van der Waals surface area contributed by atoms with Crippen molar-refractivity contribution in [3.05, 3.63) is 46.6 Å². The Labute approximate surface area is 113 Å². The Kier molecular flexibility index (Phi) is 3.84. The molecule has 1 unspecified atom stereocenters. The Bertz CT molecular complexity index is 565. The van der Waals surface area contributed by atoms with Crippen molar-refractivity contribution < 1.29 is 14.3 Å². The highest BCUT2D eigenvalue weighted by Gasteiger charge is 2.15. The zero-order valence-corrected chi connectivity index (χ0v) is 11.1. The third kappa shape index (κ3) is 2.80. The second-order valence-corrected chi connectivity index (χ2v) is 4.75. The highest BCUT2D eigenvalue weighted by molar-refractivity contribution is 9.10. The first-order valence-corrected chi connectivity index (χ1v) is 6.19. The molecule has 3 N–H and O–H groups in total. The van der Waals surface area contributed by atoms with E-state index in [0.717, 1.165) is 10.0 Å². The van der Waals surface area contributed by atoms with Gasteiger partial charge in [0.25, 0.3) is 0 Å². The van der Waals surface area contributed by atoms with Crippen molar-refractivity contribution in [3.8, 4) is 11.3 Å². The van der Waals surface area contributed by atoms with Crippen LogP contribution in [-0.2, 0) is 11.2 Å². The quantitative estimate of drug-likeness (QED) is 0.910. The Morgan fingerprint density at radius 1 is 1.33 bits per heavy atom. The number of nitrogens with two attached hydrogens (primary N) is 1. The summed E-state index contributed by atoms with van der Waals surface area (Å²) in [4.78, 5) is 10.7. The first-order valence-electron chi connectivity index (χ1n) is 5.40. The van der Waals surface area contributed by atoms with Gasteiger partial charge in [0.1, 0.15) is 17.6 Å². The van der Waals surface area contributed by atoms with E-state index in [4.69, 9.17) is 15.3 Å². The summed E-state index contributed by atoms with van der Waals surface area (Å²) in [6.07, 6.45) is 0.180. The predicted octanol–water partition coefficient (Wildman–Crippen LogP) is 2.66. The fourth-order valence-electron chi connectivity index (χ4n) is 1.60. The van der Waals surface area contributed by atoms with Crippen LogP contribution in [0.25, 0.3) is 11.3 Å². The third-order valence-corrected chi connectivity index (χ3v) is 3.23. The van der Waals surface area contributed by atoms with Crippen LogP contribution >= 0.6 is 15.9 Å². The highest BCUT2D eigenvalue weighted by Crippen LogP contribution is 2.29. The lowest BCUT2D eigenvalue weighted by Crippen LogP contribution is -2.32. The van der Waals surface area contributed by atoms with E-state index in [1.54, 1.807) is 6.07 Å². The first kappa shape index (κ1) is 12.9. The maximum atomic E-state index is 10.7. The summed E-state index contributed by atoms with van der Waals surface area (Å²) >= 11 is 3.44. The molecule has 4 nitrogen and oxygen atoms in total. The molecular weight excluding hydrogens is 298 g/mol. The molecule has 5 heteroatoms.